The van der Waals surface area contributed by atoms with Crippen molar-refractivity contribution in [2.45, 2.75) is 20.0 Å². The van der Waals surface area contributed by atoms with Crippen LogP contribution in [-0.2, 0) is 9.53 Å². The van der Waals surface area contributed by atoms with Gasteiger partial charge in [-0.15, -0.1) is 11.3 Å². The summed E-state index contributed by atoms with van der Waals surface area (Å²) in [5, 5.41) is 1.93. The van der Waals surface area contributed by atoms with Gasteiger partial charge in [0.25, 0.3) is 0 Å². The fourth-order valence-corrected chi connectivity index (χ4v) is 3.11. The molecule has 0 saturated heterocycles. The van der Waals surface area contributed by atoms with Gasteiger partial charge in [-0.3, -0.25) is 4.79 Å². The highest BCUT2D eigenvalue weighted by Gasteiger charge is 2.30. The second-order valence-electron chi connectivity index (χ2n) is 5.35. The van der Waals surface area contributed by atoms with E-state index in [2.05, 4.69) is 4.74 Å². The van der Waals surface area contributed by atoms with Gasteiger partial charge in [-0.1, -0.05) is 6.07 Å². The Kier molecular flexibility index (Phi) is 4.40. The number of rotatable bonds is 4. The molecule has 1 aromatic carbocycles. The third kappa shape index (κ3) is 3.05. The summed E-state index contributed by atoms with van der Waals surface area (Å²) in [5.41, 5.74) is 1.26. The minimum atomic E-state index is -0.745. The third-order valence-corrected chi connectivity index (χ3v) is 4.43. The normalized spacial score (nSPS) is 15.8. The SMILES string of the molecule is COC(=O)C(C)Oc1cc(C)c2c(c1)O/C(=C\c1cccs1)C2=O. The second-order valence-corrected chi connectivity index (χ2v) is 6.33. The van der Waals surface area contributed by atoms with E-state index in [1.165, 1.54) is 18.4 Å². The van der Waals surface area contributed by atoms with E-state index in [0.29, 0.717) is 17.1 Å². The smallest absolute Gasteiger partial charge is 0.346 e. The van der Waals surface area contributed by atoms with Crippen LogP contribution in [0.5, 0.6) is 11.5 Å². The van der Waals surface area contributed by atoms with Gasteiger partial charge in [0, 0.05) is 17.0 Å². The molecule has 0 spiro atoms. The molecule has 1 aliphatic heterocycles. The topological polar surface area (TPSA) is 61.8 Å². The van der Waals surface area contributed by atoms with Crippen molar-refractivity contribution >= 4 is 29.2 Å². The Labute approximate surface area is 143 Å². The number of carbonyl (C=O) groups is 2. The first kappa shape index (κ1) is 16.3. The highest BCUT2D eigenvalue weighted by atomic mass is 32.1. The summed E-state index contributed by atoms with van der Waals surface area (Å²) in [6.07, 6.45) is 0.981. The number of ether oxygens (including phenoxy) is 3. The zero-order chi connectivity index (χ0) is 17.3. The summed E-state index contributed by atoms with van der Waals surface area (Å²) in [6, 6.07) is 7.16. The van der Waals surface area contributed by atoms with Crippen molar-refractivity contribution in [3.63, 3.8) is 0 Å². The van der Waals surface area contributed by atoms with Crippen LogP contribution in [-0.4, -0.2) is 25.0 Å². The molecule has 1 unspecified atom stereocenters. The molecule has 124 valence electrons. The first-order valence-corrected chi connectivity index (χ1v) is 8.24. The number of hydrogen-bond acceptors (Lipinski definition) is 6. The summed E-state index contributed by atoms with van der Waals surface area (Å²) in [7, 11) is 1.31. The predicted molar refractivity (Wildman–Crippen MR) is 90.5 cm³/mol. The fraction of sp³-hybridized carbons (Fsp3) is 0.222. The average molecular weight is 344 g/mol. The molecule has 0 aliphatic carbocycles. The monoisotopic (exact) mass is 344 g/mol. The van der Waals surface area contributed by atoms with Crippen molar-refractivity contribution in [2.24, 2.45) is 0 Å². The Hall–Kier alpha value is -2.60. The molecule has 1 aromatic heterocycles. The van der Waals surface area contributed by atoms with Gasteiger partial charge in [0.05, 0.1) is 12.7 Å². The molecule has 0 N–H and O–H groups in total. The predicted octanol–water partition coefficient (Wildman–Crippen LogP) is 3.61. The van der Waals surface area contributed by atoms with E-state index in [4.69, 9.17) is 9.47 Å². The molecule has 1 atom stereocenters. The second kappa shape index (κ2) is 6.49. The maximum absolute atomic E-state index is 12.5. The molecule has 3 rings (SSSR count). The van der Waals surface area contributed by atoms with Crippen molar-refractivity contribution < 1.29 is 23.8 Å². The van der Waals surface area contributed by atoms with E-state index < -0.39 is 12.1 Å². The summed E-state index contributed by atoms with van der Waals surface area (Å²) in [5.74, 6) is 0.560. The summed E-state index contributed by atoms with van der Waals surface area (Å²) < 4.78 is 15.9. The Bertz CT molecular complexity index is 820. The van der Waals surface area contributed by atoms with Gasteiger partial charge in [-0.25, -0.2) is 4.79 Å². The number of Topliss-reactive ketones (excluding diaryl/α,β-unsaturated/α-hetero) is 1. The van der Waals surface area contributed by atoms with Crippen LogP contribution in [0.1, 0.15) is 27.7 Å². The molecule has 2 heterocycles. The van der Waals surface area contributed by atoms with Gasteiger partial charge in [-0.2, -0.15) is 0 Å². The number of benzene rings is 1. The number of hydrogen-bond donors (Lipinski definition) is 0. The largest absolute Gasteiger partial charge is 0.479 e. The van der Waals surface area contributed by atoms with Crippen LogP contribution in [0.15, 0.2) is 35.4 Å². The molecule has 2 aromatic rings. The van der Waals surface area contributed by atoms with Gasteiger partial charge in [0.2, 0.25) is 5.78 Å². The molecular weight excluding hydrogens is 328 g/mol. The van der Waals surface area contributed by atoms with Crippen molar-refractivity contribution in [2.75, 3.05) is 7.11 Å². The summed E-state index contributed by atoms with van der Waals surface area (Å²) in [4.78, 5) is 24.9. The highest BCUT2D eigenvalue weighted by molar-refractivity contribution is 7.10. The molecule has 0 fully saturated rings. The van der Waals surface area contributed by atoms with Gasteiger partial charge < -0.3 is 14.2 Å². The van der Waals surface area contributed by atoms with E-state index >= 15 is 0 Å². The maximum atomic E-state index is 12.5. The number of methoxy groups -OCH3 is 1. The average Bonchev–Trinajstić information content (AvgIpc) is 3.15. The molecule has 0 radical (unpaired) electrons. The van der Waals surface area contributed by atoms with Crippen molar-refractivity contribution in [1.82, 2.24) is 0 Å². The van der Waals surface area contributed by atoms with Crippen molar-refractivity contribution in [3.05, 3.63) is 51.4 Å². The quantitative estimate of drug-likeness (QED) is 0.626. The first-order valence-electron chi connectivity index (χ1n) is 7.36. The number of ketones is 1. The molecule has 1 aliphatic rings. The molecule has 0 bridgehead atoms. The van der Waals surface area contributed by atoms with Crippen LogP contribution in [0.2, 0.25) is 0 Å². The number of carbonyl (C=O) groups excluding carboxylic acids is 2. The lowest BCUT2D eigenvalue weighted by Crippen LogP contribution is -2.24. The lowest BCUT2D eigenvalue weighted by atomic mass is 10.0. The number of aryl methyl sites for hydroxylation is 1. The first-order chi connectivity index (χ1) is 11.5. The van der Waals surface area contributed by atoms with Gasteiger partial charge >= 0.3 is 5.97 Å². The zero-order valence-corrected chi connectivity index (χ0v) is 14.3. The fourth-order valence-electron chi connectivity index (χ4n) is 2.47. The molecule has 6 heteroatoms. The van der Waals surface area contributed by atoms with Crippen molar-refractivity contribution in [3.8, 4) is 11.5 Å². The lowest BCUT2D eigenvalue weighted by Gasteiger charge is -2.13. The van der Waals surface area contributed by atoms with Crippen LogP contribution < -0.4 is 9.47 Å². The van der Waals surface area contributed by atoms with Crippen molar-refractivity contribution in [1.29, 1.82) is 0 Å². The maximum Gasteiger partial charge on any atom is 0.346 e. The van der Waals surface area contributed by atoms with Crippen LogP contribution in [0.4, 0.5) is 0 Å². The van der Waals surface area contributed by atoms with Gasteiger partial charge in [0.15, 0.2) is 11.9 Å². The van der Waals surface area contributed by atoms with Crippen LogP contribution in [0.3, 0.4) is 0 Å². The highest BCUT2D eigenvalue weighted by Crippen LogP contribution is 2.38. The van der Waals surface area contributed by atoms with E-state index in [1.807, 2.05) is 24.4 Å². The molecular formula is C18H16O5S. The van der Waals surface area contributed by atoms with E-state index in [0.717, 1.165) is 10.4 Å². The Morgan fingerprint density at radius 1 is 1.38 bits per heavy atom. The number of esters is 1. The van der Waals surface area contributed by atoms with Gasteiger partial charge in [0.1, 0.15) is 11.5 Å². The minimum absolute atomic E-state index is 0.150. The van der Waals surface area contributed by atoms with E-state index in [1.54, 1.807) is 25.1 Å². The van der Waals surface area contributed by atoms with E-state index in [-0.39, 0.29) is 11.5 Å². The summed E-state index contributed by atoms with van der Waals surface area (Å²) >= 11 is 1.53. The standard InChI is InChI=1S/C18H16O5S/c1-10-7-12(22-11(2)18(20)21-3)8-14-16(10)17(19)15(23-14)9-13-5-4-6-24-13/h4-9,11H,1-3H3/b15-9-. The molecule has 5 nitrogen and oxygen atoms in total. The Balaban J connectivity index is 1.89. The molecule has 0 amide bonds. The lowest BCUT2D eigenvalue weighted by molar-refractivity contribution is -0.147. The van der Waals surface area contributed by atoms with Crippen LogP contribution in [0.25, 0.3) is 6.08 Å². The molecule has 24 heavy (non-hydrogen) atoms. The third-order valence-electron chi connectivity index (χ3n) is 3.61. The Morgan fingerprint density at radius 3 is 2.83 bits per heavy atom. The van der Waals surface area contributed by atoms with E-state index in [9.17, 15) is 9.59 Å². The molecule has 0 saturated carbocycles. The minimum Gasteiger partial charge on any atom is -0.479 e. The zero-order valence-electron chi connectivity index (χ0n) is 13.5. The number of fused-ring (bicyclic) bond motifs is 1. The Morgan fingerprint density at radius 2 is 2.17 bits per heavy atom. The van der Waals surface area contributed by atoms with Gasteiger partial charge in [-0.05, 0) is 36.9 Å². The van der Waals surface area contributed by atoms with Crippen LogP contribution >= 0.6 is 11.3 Å². The number of thiophene rings is 1. The number of allylic oxidation sites excluding steroid dienone is 1. The summed E-state index contributed by atoms with van der Waals surface area (Å²) in [6.45, 7) is 3.41. The van der Waals surface area contributed by atoms with Crippen LogP contribution in [0, 0.1) is 6.92 Å².